The van der Waals surface area contributed by atoms with E-state index >= 15 is 0 Å². The molecule has 0 aliphatic heterocycles. The molecule has 0 radical (unpaired) electrons. The lowest BCUT2D eigenvalue weighted by atomic mass is 9.94. The number of hydrogen-bond acceptors (Lipinski definition) is 0. The predicted octanol–water partition coefficient (Wildman–Crippen LogP) is 11.9. The molecule has 8 aromatic rings. The van der Waals surface area contributed by atoms with Gasteiger partial charge in [0.25, 0.3) is 0 Å². The van der Waals surface area contributed by atoms with Crippen molar-refractivity contribution in [1.82, 2.24) is 0 Å². The minimum absolute atomic E-state index is 0.129. The van der Waals surface area contributed by atoms with Crippen LogP contribution < -0.4 is 10.4 Å². The van der Waals surface area contributed by atoms with Crippen LogP contribution in [-0.4, -0.2) is 8.07 Å². The average Bonchev–Trinajstić information content (AvgIpc) is 3.79. The second kappa shape index (κ2) is 12.6. The second-order valence-electron chi connectivity index (χ2n) is 15.0. The highest BCUT2D eigenvalue weighted by atomic mass is 28.3. The van der Waals surface area contributed by atoms with Gasteiger partial charge in [-0.1, -0.05) is 205 Å². The molecule has 1 heteroatoms. The maximum Gasteiger partial charge on any atom is 0.141 e. The Morgan fingerprint density at radius 2 is 0.755 bits per heavy atom. The first kappa shape index (κ1) is 31.7. The largest absolute Gasteiger partial charge is 0.141 e. The van der Waals surface area contributed by atoms with Crippen molar-refractivity contribution in [3.05, 3.63) is 226 Å². The molecule has 2 aliphatic rings. The molecule has 0 nitrogen and oxygen atoms in total. The molecule has 0 N–H and O–H groups in total. The minimum atomic E-state index is -3.02. The molecule has 10 rings (SSSR count). The number of fused-ring (bicyclic) bond motifs is 4. The molecule has 2 unspecified atom stereocenters. The molecule has 0 amide bonds. The Bertz CT molecular complexity index is 2560. The number of rotatable bonds is 6. The summed E-state index contributed by atoms with van der Waals surface area (Å²) in [5, 5.41) is 8.14. The highest BCUT2D eigenvalue weighted by molar-refractivity contribution is 7.06. The van der Waals surface area contributed by atoms with Crippen molar-refractivity contribution >= 4 is 63.3 Å². The third-order valence-electron chi connectivity index (χ3n) is 11.9. The van der Waals surface area contributed by atoms with E-state index in [4.69, 9.17) is 0 Å². The average molecular weight is 693 g/mol. The van der Waals surface area contributed by atoms with Crippen LogP contribution >= 0.6 is 0 Å². The number of hydrogen-bond donors (Lipinski definition) is 0. The Morgan fingerprint density at radius 1 is 0.377 bits per heavy atom. The van der Waals surface area contributed by atoms with E-state index in [1.807, 2.05) is 0 Å². The third kappa shape index (κ3) is 4.95. The number of benzene rings is 8. The second-order valence-corrected chi connectivity index (χ2v) is 19.0. The van der Waals surface area contributed by atoms with E-state index in [2.05, 4.69) is 208 Å². The van der Waals surface area contributed by atoms with E-state index < -0.39 is 8.07 Å². The monoisotopic (exact) mass is 692 g/mol. The van der Waals surface area contributed by atoms with E-state index in [0.717, 1.165) is 0 Å². The van der Waals surface area contributed by atoms with Crippen molar-refractivity contribution in [3.8, 4) is 0 Å². The van der Waals surface area contributed by atoms with Crippen LogP contribution in [0, 0.1) is 13.8 Å². The zero-order chi connectivity index (χ0) is 35.5. The molecular formula is C52H40Si. The molecule has 8 aromatic carbocycles. The van der Waals surface area contributed by atoms with Gasteiger partial charge in [-0.25, -0.2) is 0 Å². The van der Waals surface area contributed by atoms with E-state index in [-0.39, 0.29) is 11.1 Å². The molecule has 0 bridgehead atoms. The summed E-state index contributed by atoms with van der Waals surface area (Å²) in [5.74, 6) is 0. The summed E-state index contributed by atoms with van der Waals surface area (Å²) in [5.41, 5.74) is 13.9. The smallest absolute Gasteiger partial charge is 0.0625 e. The molecule has 2 aliphatic carbocycles. The molecule has 0 saturated heterocycles. The van der Waals surface area contributed by atoms with Gasteiger partial charge < -0.3 is 0 Å². The maximum atomic E-state index is 2.54. The Morgan fingerprint density at radius 3 is 1.21 bits per heavy atom. The SMILES string of the molecule is Cc1cc(C2=Cc3ccccc3C2[Si](c2ccccc2)(c2ccccc2)C2C(c3cc(C)cc4ccccc34)=Cc3ccccc32)c2ccccc2c1. The fourth-order valence-corrected chi connectivity index (χ4v) is 16.4. The maximum absolute atomic E-state index is 3.02. The summed E-state index contributed by atoms with van der Waals surface area (Å²) >= 11 is 0. The van der Waals surface area contributed by atoms with Gasteiger partial charge in [0.15, 0.2) is 0 Å². The van der Waals surface area contributed by atoms with Gasteiger partial charge in [0, 0.05) is 11.1 Å². The van der Waals surface area contributed by atoms with Crippen molar-refractivity contribution in [3.63, 3.8) is 0 Å². The van der Waals surface area contributed by atoms with Crippen LogP contribution in [0.25, 0.3) is 44.8 Å². The Kier molecular flexibility index (Phi) is 7.52. The predicted molar refractivity (Wildman–Crippen MR) is 229 cm³/mol. The van der Waals surface area contributed by atoms with Crippen LogP contribution in [0.15, 0.2) is 182 Å². The van der Waals surface area contributed by atoms with Crippen molar-refractivity contribution in [2.75, 3.05) is 0 Å². The highest BCUT2D eigenvalue weighted by Crippen LogP contribution is 2.57. The topological polar surface area (TPSA) is 0 Å². The third-order valence-corrected chi connectivity index (χ3v) is 17.5. The molecule has 0 saturated carbocycles. The minimum Gasteiger partial charge on any atom is -0.0625 e. The van der Waals surface area contributed by atoms with Gasteiger partial charge in [-0.15, -0.1) is 0 Å². The summed E-state index contributed by atoms with van der Waals surface area (Å²) in [6, 6.07) is 69.4. The highest BCUT2D eigenvalue weighted by Gasteiger charge is 2.57. The first-order valence-electron chi connectivity index (χ1n) is 18.8. The van der Waals surface area contributed by atoms with Crippen LogP contribution in [0.5, 0.6) is 0 Å². The van der Waals surface area contributed by atoms with Gasteiger partial charge in [-0.3, -0.25) is 0 Å². The normalized spacial score (nSPS) is 16.3. The zero-order valence-electron chi connectivity index (χ0n) is 30.1. The van der Waals surface area contributed by atoms with Gasteiger partial charge in [-0.2, -0.15) is 0 Å². The van der Waals surface area contributed by atoms with E-state index in [1.54, 1.807) is 0 Å². The van der Waals surface area contributed by atoms with Crippen molar-refractivity contribution in [1.29, 1.82) is 0 Å². The summed E-state index contributed by atoms with van der Waals surface area (Å²) < 4.78 is 0. The van der Waals surface area contributed by atoms with Gasteiger partial charge in [0.1, 0.15) is 8.07 Å². The van der Waals surface area contributed by atoms with Crippen molar-refractivity contribution in [2.24, 2.45) is 0 Å². The number of aryl methyl sites for hydroxylation is 2. The Balaban J connectivity index is 1.38. The lowest BCUT2D eigenvalue weighted by Crippen LogP contribution is -2.66. The standard InChI is InChI=1S/C52H40Si/c1-35-29-37-17-9-13-25-43(37)47(31-35)49-33-39-19-11-15-27-45(39)51(49)53(41-21-5-3-6-22-41,42-23-7-4-8-24-42)52-46-28-16-12-20-40(46)34-50(52)48-32-36(2)30-38-18-10-14-26-44(38)48/h3-34,51-52H,1-2H3. The lowest BCUT2D eigenvalue weighted by molar-refractivity contribution is 1.09. The van der Waals surface area contributed by atoms with Gasteiger partial charge >= 0.3 is 0 Å². The molecule has 0 heterocycles. The first-order valence-corrected chi connectivity index (χ1v) is 21.0. The number of allylic oxidation sites excluding steroid dienone is 2. The first-order chi connectivity index (χ1) is 26.1. The lowest BCUT2D eigenvalue weighted by Gasteiger charge is -2.46. The molecule has 2 atom stereocenters. The van der Waals surface area contributed by atoms with E-state index in [0.29, 0.717) is 0 Å². The Hall–Kier alpha value is -6.02. The summed E-state index contributed by atoms with van der Waals surface area (Å²) in [6.45, 7) is 4.51. The molecule has 0 spiro atoms. The summed E-state index contributed by atoms with van der Waals surface area (Å²) in [6.07, 6.45) is 5.09. The fraction of sp³-hybridized carbons (Fsp3) is 0.0769. The van der Waals surface area contributed by atoms with E-state index in [1.165, 1.54) is 87.6 Å². The van der Waals surface area contributed by atoms with Gasteiger partial charge in [0.05, 0.1) is 0 Å². The van der Waals surface area contributed by atoms with Crippen LogP contribution in [0.2, 0.25) is 0 Å². The van der Waals surface area contributed by atoms with Gasteiger partial charge in [-0.05, 0) is 91.0 Å². The van der Waals surface area contributed by atoms with Crippen LogP contribution in [0.4, 0.5) is 0 Å². The van der Waals surface area contributed by atoms with Crippen molar-refractivity contribution < 1.29 is 0 Å². The van der Waals surface area contributed by atoms with Crippen LogP contribution in [-0.2, 0) is 0 Å². The van der Waals surface area contributed by atoms with E-state index in [9.17, 15) is 0 Å². The molecule has 252 valence electrons. The molecule has 53 heavy (non-hydrogen) atoms. The summed E-state index contributed by atoms with van der Waals surface area (Å²) in [7, 11) is -3.02. The molecule has 0 aromatic heterocycles. The van der Waals surface area contributed by atoms with Crippen molar-refractivity contribution in [2.45, 2.75) is 24.9 Å². The van der Waals surface area contributed by atoms with Gasteiger partial charge in [0.2, 0.25) is 0 Å². The quantitative estimate of drug-likeness (QED) is 0.152. The zero-order valence-corrected chi connectivity index (χ0v) is 31.1. The Labute approximate surface area is 313 Å². The molecular weight excluding hydrogens is 653 g/mol. The van der Waals surface area contributed by atoms with Crippen LogP contribution in [0.1, 0.15) is 55.6 Å². The molecule has 0 fully saturated rings. The fourth-order valence-electron chi connectivity index (χ4n) is 9.92. The van der Waals surface area contributed by atoms with Crippen LogP contribution in [0.3, 0.4) is 0 Å². The summed E-state index contributed by atoms with van der Waals surface area (Å²) in [4.78, 5) is 0.